The number of pyridine rings is 1. The molecule has 2 aromatic rings. The molecule has 1 aliphatic rings. The Morgan fingerprint density at radius 3 is 2.50 bits per heavy atom. The second-order valence-corrected chi connectivity index (χ2v) is 8.06. The van der Waals surface area contributed by atoms with E-state index in [4.69, 9.17) is 11.6 Å². The molecule has 1 saturated carbocycles. The summed E-state index contributed by atoms with van der Waals surface area (Å²) >= 11 is 5.81. The van der Waals surface area contributed by atoms with E-state index in [-0.39, 0.29) is 16.8 Å². The van der Waals surface area contributed by atoms with Crippen LogP contribution in [-0.2, 0) is 10.0 Å². The standard InChI is InChI=1S/C16H16ClN3O3S/c1-20(14-4-5-14)24(22,23)15-6-2-13(3-7-15)19-16(21)11-8-12(17)10-18-9-11/h2-3,6-10,14H,4-5H2,1H3,(H,19,21). The van der Waals surface area contributed by atoms with Crippen LogP contribution >= 0.6 is 11.6 Å². The summed E-state index contributed by atoms with van der Waals surface area (Å²) in [6.45, 7) is 0. The van der Waals surface area contributed by atoms with E-state index in [1.54, 1.807) is 19.2 Å². The molecular weight excluding hydrogens is 350 g/mol. The zero-order valence-electron chi connectivity index (χ0n) is 12.9. The quantitative estimate of drug-likeness (QED) is 0.883. The summed E-state index contributed by atoms with van der Waals surface area (Å²) in [6.07, 6.45) is 4.65. The minimum atomic E-state index is -3.49. The first kappa shape index (κ1) is 16.9. The Labute approximate surface area is 145 Å². The van der Waals surface area contributed by atoms with E-state index in [2.05, 4.69) is 10.3 Å². The van der Waals surface area contributed by atoms with Crippen LogP contribution in [0.4, 0.5) is 5.69 Å². The highest BCUT2D eigenvalue weighted by atomic mass is 35.5. The van der Waals surface area contributed by atoms with E-state index in [9.17, 15) is 13.2 Å². The number of nitrogens with zero attached hydrogens (tertiary/aromatic N) is 2. The van der Waals surface area contributed by atoms with Gasteiger partial charge < -0.3 is 5.32 Å². The molecule has 1 fully saturated rings. The van der Waals surface area contributed by atoms with E-state index in [0.29, 0.717) is 16.3 Å². The van der Waals surface area contributed by atoms with Crippen molar-refractivity contribution in [1.82, 2.24) is 9.29 Å². The molecule has 6 nitrogen and oxygen atoms in total. The lowest BCUT2D eigenvalue weighted by molar-refractivity contribution is 0.102. The Kier molecular flexibility index (Phi) is 4.58. The van der Waals surface area contributed by atoms with Crippen molar-refractivity contribution in [2.24, 2.45) is 0 Å². The van der Waals surface area contributed by atoms with Gasteiger partial charge in [-0.05, 0) is 43.2 Å². The molecule has 3 rings (SSSR count). The molecule has 0 bridgehead atoms. The molecule has 1 aromatic carbocycles. The topological polar surface area (TPSA) is 79.4 Å². The Balaban J connectivity index is 1.74. The van der Waals surface area contributed by atoms with Crippen LogP contribution in [0.15, 0.2) is 47.6 Å². The summed E-state index contributed by atoms with van der Waals surface area (Å²) < 4.78 is 26.2. The van der Waals surface area contributed by atoms with Crippen LogP contribution < -0.4 is 5.32 Å². The lowest BCUT2D eigenvalue weighted by Gasteiger charge is -2.16. The average molecular weight is 366 g/mol. The number of amides is 1. The van der Waals surface area contributed by atoms with Crippen molar-refractivity contribution >= 4 is 33.2 Å². The minimum absolute atomic E-state index is 0.102. The first-order chi connectivity index (χ1) is 11.4. The Morgan fingerprint density at radius 2 is 1.92 bits per heavy atom. The first-order valence-corrected chi connectivity index (χ1v) is 9.20. The largest absolute Gasteiger partial charge is 0.322 e. The number of carbonyl (C=O) groups is 1. The molecule has 24 heavy (non-hydrogen) atoms. The van der Waals surface area contributed by atoms with E-state index in [1.807, 2.05) is 0 Å². The number of nitrogens with one attached hydrogen (secondary N) is 1. The number of aromatic nitrogens is 1. The van der Waals surface area contributed by atoms with Gasteiger partial charge in [0.15, 0.2) is 0 Å². The van der Waals surface area contributed by atoms with E-state index < -0.39 is 10.0 Å². The third kappa shape index (κ3) is 3.58. The molecule has 1 N–H and O–H groups in total. The summed E-state index contributed by atoms with van der Waals surface area (Å²) in [7, 11) is -1.89. The number of carbonyl (C=O) groups excluding carboxylic acids is 1. The molecule has 126 valence electrons. The van der Waals surface area contributed by atoms with Gasteiger partial charge in [-0.2, -0.15) is 4.31 Å². The van der Waals surface area contributed by atoms with Gasteiger partial charge in [0.25, 0.3) is 5.91 Å². The van der Waals surface area contributed by atoms with Gasteiger partial charge in [-0.1, -0.05) is 11.6 Å². The maximum Gasteiger partial charge on any atom is 0.257 e. The third-order valence-electron chi connectivity index (χ3n) is 3.82. The number of benzene rings is 1. The van der Waals surface area contributed by atoms with Gasteiger partial charge in [0.05, 0.1) is 15.5 Å². The van der Waals surface area contributed by atoms with Gasteiger partial charge in [-0.3, -0.25) is 9.78 Å². The molecule has 0 saturated heterocycles. The lowest BCUT2D eigenvalue weighted by Crippen LogP contribution is -2.28. The van der Waals surface area contributed by atoms with Crippen molar-refractivity contribution in [3.05, 3.63) is 53.3 Å². The maximum atomic E-state index is 12.4. The molecule has 1 amide bonds. The minimum Gasteiger partial charge on any atom is -0.322 e. The predicted octanol–water partition coefficient (Wildman–Crippen LogP) is 2.77. The van der Waals surface area contributed by atoms with E-state index >= 15 is 0 Å². The monoisotopic (exact) mass is 365 g/mol. The summed E-state index contributed by atoms with van der Waals surface area (Å²) in [4.78, 5) is 16.2. The fraction of sp³-hybridized carbons (Fsp3) is 0.250. The lowest BCUT2D eigenvalue weighted by atomic mass is 10.2. The highest BCUT2D eigenvalue weighted by molar-refractivity contribution is 7.89. The summed E-state index contributed by atoms with van der Waals surface area (Å²) in [5, 5.41) is 3.05. The Hall–Kier alpha value is -1.96. The van der Waals surface area contributed by atoms with Crippen LogP contribution in [0.5, 0.6) is 0 Å². The van der Waals surface area contributed by atoms with Crippen LogP contribution in [0, 0.1) is 0 Å². The van der Waals surface area contributed by atoms with Crippen molar-refractivity contribution in [3.8, 4) is 0 Å². The third-order valence-corrected chi connectivity index (χ3v) is 5.95. The normalized spacial score (nSPS) is 14.6. The van der Waals surface area contributed by atoms with Crippen LogP contribution in [-0.4, -0.2) is 36.7 Å². The van der Waals surface area contributed by atoms with Crippen molar-refractivity contribution in [2.75, 3.05) is 12.4 Å². The molecule has 0 aliphatic heterocycles. The van der Waals surface area contributed by atoms with Gasteiger partial charge in [-0.25, -0.2) is 8.42 Å². The van der Waals surface area contributed by atoms with Gasteiger partial charge in [-0.15, -0.1) is 0 Å². The number of sulfonamides is 1. The Morgan fingerprint density at radius 1 is 1.25 bits per heavy atom. The molecule has 0 atom stereocenters. The van der Waals surface area contributed by atoms with Gasteiger partial charge in [0.1, 0.15) is 0 Å². The van der Waals surface area contributed by atoms with Crippen LogP contribution in [0.1, 0.15) is 23.2 Å². The van der Waals surface area contributed by atoms with Gasteiger partial charge in [0.2, 0.25) is 10.0 Å². The predicted molar refractivity (Wildman–Crippen MR) is 91.6 cm³/mol. The van der Waals surface area contributed by atoms with E-state index in [1.165, 1.54) is 34.9 Å². The molecular formula is C16H16ClN3O3S. The fourth-order valence-corrected chi connectivity index (χ4v) is 3.84. The molecule has 0 unspecified atom stereocenters. The number of anilines is 1. The van der Waals surface area contributed by atoms with Crippen molar-refractivity contribution in [3.63, 3.8) is 0 Å². The highest BCUT2D eigenvalue weighted by Crippen LogP contribution is 2.30. The Bertz CT molecular complexity index is 864. The summed E-state index contributed by atoms with van der Waals surface area (Å²) in [5.41, 5.74) is 0.820. The van der Waals surface area contributed by atoms with Crippen LogP contribution in [0.3, 0.4) is 0 Å². The first-order valence-electron chi connectivity index (χ1n) is 7.38. The van der Waals surface area contributed by atoms with Crippen molar-refractivity contribution < 1.29 is 13.2 Å². The number of rotatable bonds is 5. The molecule has 8 heteroatoms. The number of hydrogen-bond acceptors (Lipinski definition) is 4. The van der Waals surface area contributed by atoms with Crippen LogP contribution in [0.2, 0.25) is 5.02 Å². The molecule has 1 aromatic heterocycles. The van der Waals surface area contributed by atoms with Crippen molar-refractivity contribution in [2.45, 2.75) is 23.8 Å². The molecule has 0 radical (unpaired) electrons. The zero-order valence-corrected chi connectivity index (χ0v) is 14.5. The van der Waals surface area contributed by atoms with Crippen molar-refractivity contribution in [1.29, 1.82) is 0 Å². The van der Waals surface area contributed by atoms with Crippen LogP contribution in [0.25, 0.3) is 0 Å². The second kappa shape index (κ2) is 6.51. The molecule has 1 aliphatic carbocycles. The van der Waals surface area contributed by atoms with Gasteiger partial charge in [0, 0.05) is 31.2 Å². The average Bonchev–Trinajstić information content (AvgIpc) is 3.39. The SMILES string of the molecule is CN(C1CC1)S(=O)(=O)c1ccc(NC(=O)c2cncc(Cl)c2)cc1. The number of hydrogen-bond donors (Lipinski definition) is 1. The summed E-state index contributed by atoms with van der Waals surface area (Å²) in [5.74, 6) is -0.365. The molecule has 0 spiro atoms. The summed E-state index contributed by atoms with van der Waals surface area (Å²) in [6, 6.07) is 7.70. The second-order valence-electron chi connectivity index (χ2n) is 5.62. The van der Waals surface area contributed by atoms with Gasteiger partial charge >= 0.3 is 0 Å². The zero-order chi connectivity index (χ0) is 17.3. The smallest absolute Gasteiger partial charge is 0.257 e. The highest BCUT2D eigenvalue weighted by Gasteiger charge is 2.34. The number of halogens is 1. The molecule has 1 heterocycles. The fourth-order valence-electron chi connectivity index (χ4n) is 2.25. The van der Waals surface area contributed by atoms with E-state index in [0.717, 1.165) is 12.8 Å². The maximum absolute atomic E-state index is 12.4.